The van der Waals surface area contributed by atoms with E-state index in [0.717, 1.165) is 5.56 Å². The predicted octanol–water partition coefficient (Wildman–Crippen LogP) is 3.53. The molecular formula is C13H10ClNO3. The first kappa shape index (κ1) is 12.4. The van der Waals surface area contributed by atoms with E-state index in [1.807, 2.05) is 13.0 Å². The van der Waals surface area contributed by atoms with Crippen molar-refractivity contribution in [3.05, 3.63) is 52.7 Å². The number of aromatic carboxylic acids is 1. The molecule has 0 aliphatic rings. The summed E-state index contributed by atoms with van der Waals surface area (Å²) in [7, 11) is 0. The number of carbonyl (C=O) groups is 1. The monoisotopic (exact) mass is 263 g/mol. The van der Waals surface area contributed by atoms with Gasteiger partial charge in [0.05, 0.1) is 10.6 Å². The van der Waals surface area contributed by atoms with E-state index in [1.54, 1.807) is 12.3 Å². The van der Waals surface area contributed by atoms with Gasteiger partial charge in [0.15, 0.2) is 0 Å². The largest absolute Gasteiger partial charge is 0.478 e. The standard InChI is InChI=1S/C13H10ClNO3/c1-8-3-2-6-15-12(8)18-11-5-4-9(13(16)17)7-10(11)14/h2-7H,1H3,(H,16,17). The minimum absolute atomic E-state index is 0.116. The number of benzene rings is 1. The molecule has 18 heavy (non-hydrogen) atoms. The highest BCUT2D eigenvalue weighted by Crippen LogP contribution is 2.30. The highest BCUT2D eigenvalue weighted by atomic mass is 35.5. The Balaban J connectivity index is 2.30. The molecule has 0 aliphatic heterocycles. The van der Waals surface area contributed by atoms with E-state index in [-0.39, 0.29) is 10.6 Å². The molecule has 0 saturated heterocycles. The lowest BCUT2D eigenvalue weighted by Crippen LogP contribution is -1.97. The Kier molecular flexibility index (Phi) is 3.48. The van der Waals surface area contributed by atoms with E-state index < -0.39 is 5.97 Å². The van der Waals surface area contributed by atoms with Gasteiger partial charge in [-0.15, -0.1) is 0 Å². The van der Waals surface area contributed by atoms with Gasteiger partial charge < -0.3 is 9.84 Å². The second-order valence-electron chi connectivity index (χ2n) is 3.68. The number of nitrogens with zero attached hydrogens (tertiary/aromatic N) is 1. The maximum absolute atomic E-state index is 10.8. The Labute approximate surface area is 109 Å². The third kappa shape index (κ3) is 2.60. The molecule has 1 heterocycles. The third-order valence-electron chi connectivity index (χ3n) is 2.35. The SMILES string of the molecule is Cc1cccnc1Oc1ccc(C(=O)O)cc1Cl. The summed E-state index contributed by atoms with van der Waals surface area (Å²) < 4.78 is 5.54. The quantitative estimate of drug-likeness (QED) is 0.920. The lowest BCUT2D eigenvalue weighted by Gasteiger charge is -2.08. The molecule has 0 atom stereocenters. The second-order valence-corrected chi connectivity index (χ2v) is 4.09. The Bertz CT molecular complexity index is 599. The lowest BCUT2D eigenvalue weighted by molar-refractivity contribution is 0.0697. The van der Waals surface area contributed by atoms with Gasteiger partial charge >= 0.3 is 5.97 Å². The highest BCUT2D eigenvalue weighted by molar-refractivity contribution is 6.32. The number of hydrogen-bond donors (Lipinski definition) is 1. The van der Waals surface area contributed by atoms with Crippen molar-refractivity contribution in [1.82, 2.24) is 4.98 Å². The van der Waals surface area contributed by atoms with E-state index in [9.17, 15) is 4.79 Å². The normalized spacial score (nSPS) is 10.1. The van der Waals surface area contributed by atoms with Crippen LogP contribution in [-0.2, 0) is 0 Å². The Morgan fingerprint density at radius 3 is 2.78 bits per heavy atom. The average molecular weight is 264 g/mol. The first-order valence-corrected chi connectivity index (χ1v) is 5.58. The summed E-state index contributed by atoms with van der Waals surface area (Å²) in [6.07, 6.45) is 1.61. The van der Waals surface area contributed by atoms with Crippen molar-refractivity contribution in [2.24, 2.45) is 0 Å². The van der Waals surface area contributed by atoms with Crippen LogP contribution in [0, 0.1) is 6.92 Å². The number of carboxylic acids is 1. The van der Waals surface area contributed by atoms with Gasteiger partial charge in [0, 0.05) is 11.8 Å². The van der Waals surface area contributed by atoms with Crippen LogP contribution in [0.4, 0.5) is 0 Å². The van der Waals surface area contributed by atoms with Gasteiger partial charge in [-0.05, 0) is 31.2 Å². The van der Waals surface area contributed by atoms with Gasteiger partial charge in [-0.1, -0.05) is 17.7 Å². The first-order chi connectivity index (χ1) is 8.58. The van der Waals surface area contributed by atoms with Crippen LogP contribution in [-0.4, -0.2) is 16.1 Å². The number of ether oxygens (including phenoxy) is 1. The number of aromatic nitrogens is 1. The Morgan fingerprint density at radius 2 is 2.17 bits per heavy atom. The molecule has 1 N–H and O–H groups in total. The number of halogens is 1. The van der Waals surface area contributed by atoms with E-state index >= 15 is 0 Å². The van der Waals surface area contributed by atoms with Crippen LogP contribution >= 0.6 is 11.6 Å². The van der Waals surface area contributed by atoms with E-state index in [0.29, 0.717) is 11.6 Å². The predicted molar refractivity (Wildman–Crippen MR) is 67.5 cm³/mol. The summed E-state index contributed by atoms with van der Waals surface area (Å²) in [5, 5.41) is 9.06. The maximum Gasteiger partial charge on any atom is 0.335 e. The van der Waals surface area contributed by atoms with Crippen molar-refractivity contribution in [3.8, 4) is 11.6 Å². The van der Waals surface area contributed by atoms with Crippen molar-refractivity contribution in [2.75, 3.05) is 0 Å². The van der Waals surface area contributed by atoms with Crippen LogP contribution in [0.25, 0.3) is 0 Å². The molecule has 0 radical (unpaired) electrons. The van der Waals surface area contributed by atoms with Gasteiger partial charge in [0.2, 0.25) is 5.88 Å². The zero-order chi connectivity index (χ0) is 13.1. The minimum atomic E-state index is -1.03. The molecule has 92 valence electrons. The molecule has 5 heteroatoms. The zero-order valence-corrected chi connectivity index (χ0v) is 10.3. The zero-order valence-electron chi connectivity index (χ0n) is 9.55. The fourth-order valence-electron chi connectivity index (χ4n) is 1.40. The van der Waals surface area contributed by atoms with Crippen molar-refractivity contribution >= 4 is 17.6 Å². The lowest BCUT2D eigenvalue weighted by atomic mass is 10.2. The Morgan fingerprint density at radius 1 is 1.39 bits per heavy atom. The molecule has 2 rings (SSSR count). The topological polar surface area (TPSA) is 59.4 Å². The minimum Gasteiger partial charge on any atom is -0.478 e. The van der Waals surface area contributed by atoms with Crippen LogP contribution in [0.15, 0.2) is 36.5 Å². The third-order valence-corrected chi connectivity index (χ3v) is 2.64. The maximum atomic E-state index is 10.8. The molecule has 0 spiro atoms. The summed E-state index contributed by atoms with van der Waals surface area (Å²) in [6.45, 7) is 1.86. The molecule has 4 nitrogen and oxygen atoms in total. The molecular weight excluding hydrogens is 254 g/mol. The number of hydrogen-bond acceptors (Lipinski definition) is 3. The van der Waals surface area contributed by atoms with Gasteiger partial charge in [-0.3, -0.25) is 0 Å². The molecule has 1 aromatic heterocycles. The van der Waals surface area contributed by atoms with Gasteiger partial charge in [-0.2, -0.15) is 0 Å². The van der Waals surface area contributed by atoms with E-state index in [1.165, 1.54) is 18.2 Å². The first-order valence-electron chi connectivity index (χ1n) is 5.20. The van der Waals surface area contributed by atoms with Crippen LogP contribution in [0.1, 0.15) is 15.9 Å². The molecule has 2 aromatic rings. The second kappa shape index (κ2) is 5.06. The van der Waals surface area contributed by atoms with Crippen molar-refractivity contribution < 1.29 is 14.6 Å². The number of pyridine rings is 1. The van der Waals surface area contributed by atoms with Crippen molar-refractivity contribution in [2.45, 2.75) is 6.92 Å². The Hall–Kier alpha value is -2.07. The van der Waals surface area contributed by atoms with Crippen molar-refractivity contribution in [1.29, 1.82) is 0 Å². The molecule has 0 fully saturated rings. The van der Waals surface area contributed by atoms with Crippen LogP contribution in [0.5, 0.6) is 11.6 Å². The van der Waals surface area contributed by atoms with E-state index in [4.69, 9.17) is 21.4 Å². The molecule has 0 amide bonds. The van der Waals surface area contributed by atoms with Gasteiger partial charge in [-0.25, -0.2) is 9.78 Å². The van der Waals surface area contributed by atoms with Crippen LogP contribution < -0.4 is 4.74 Å². The summed E-state index contributed by atoms with van der Waals surface area (Å²) in [6, 6.07) is 7.96. The number of aryl methyl sites for hydroxylation is 1. The highest BCUT2D eigenvalue weighted by Gasteiger charge is 2.10. The molecule has 0 unspecified atom stereocenters. The van der Waals surface area contributed by atoms with Gasteiger partial charge in [0.25, 0.3) is 0 Å². The summed E-state index contributed by atoms with van der Waals surface area (Å²) in [4.78, 5) is 14.8. The fraction of sp³-hybridized carbons (Fsp3) is 0.0769. The van der Waals surface area contributed by atoms with E-state index in [2.05, 4.69) is 4.98 Å². The summed E-state index contributed by atoms with van der Waals surface area (Å²) >= 11 is 5.96. The molecule has 0 aliphatic carbocycles. The summed E-state index contributed by atoms with van der Waals surface area (Å²) in [5.41, 5.74) is 0.987. The molecule has 0 bridgehead atoms. The number of carboxylic acid groups (broad SMARTS) is 1. The smallest absolute Gasteiger partial charge is 0.335 e. The van der Waals surface area contributed by atoms with Gasteiger partial charge in [0.1, 0.15) is 5.75 Å². The van der Waals surface area contributed by atoms with Crippen LogP contribution in [0.3, 0.4) is 0 Å². The molecule has 1 aromatic carbocycles. The van der Waals surface area contributed by atoms with Crippen LogP contribution in [0.2, 0.25) is 5.02 Å². The average Bonchev–Trinajstić information content (AvgIpc) is 2.34. The molecule has 0 saturated carbocycles. The summed E-state index contributed by atoms with van der Waals surface area (Å²) in [5.74, 6) is -0.205. The van der Waals surface area contributed by atoms with Crippen molar-refractivity contribution in [3.63, 3.8) is 0 Å². The fourth-order valence-corrected chi connectivity index (χ4v) is 1.62. The number of rotatable bonds is 3.